The van der Waals surface area contributed by atoms with Crippen molar-refractivity contribution in [3.05, 3.63) is 39.9 Å². The van der Waals surface area contributed by atoms with Gasteiger partial charge in [0.1, 0.15) is 6.04 Å². The molecule has 0 radical (unpaired) electrons. The zero-order valence-electron chi connectivity index (χ0n) is 11.1. The minimum absolute atomic E-state index is 0.106. The number of hydrogen-bond acceptors (Lipinski definition) is 5. The van der Waals surface area contributed by atoms with Crippen LogP contribution < -0.4 is 16.6 Å². The molecule has 0 aliphatic heterocycles. The third-order valence-electron chi connectivity index (χ3n) is 2.70. The minimum Gasteiger partial charge on any atom is -0.340 e. The number of hydrogen-bond donors (Lipinski definition) is 3. The average molecular weight is 280 g/mol. The van der Waals surface area contributed by atoms with Crippen molar-refractivity contribution in [3.63, 3.8) is 0 Å². The van der Waals surface area contributed by atoms with Crippen LogP contribution in [0.25, 0.3) is 0 Å². The van der Waals surface area contributed by atoms with Crippen LogP contribution in [-0.2, 0) is 4.79 Å². The first-order valence-corrected chi connectivity index (χ1v) is 5.92. The number of hydrazine groups is 1. The Morgan fingerprint density at radius 2 is 2.00 bits per heavy atom. The summed E-state index contributed by atoms with van der Waals surface area (Å²) < 4.78 is 0. The van der Waals surface area contributed by atoms with Gasteiger partial charge in [0.25, 0.3) is 17.5 Å². The number of nitrogens with one attached hydrogen (secondary N) is 2. The molecule has 1 unspecified atom stereocenters. The molecule has 1 aromatic carbocycles. The SMILES string of the molecule is CC(C)C(NC(=O)c1cccc([N+](=O)[O-])c1)C(=O)NN. The molecule has 0 aromatic heterocycles. The Hall–Kier alpha value is -2.48. The summed E-state index contributed by atoms with van der Waals surface area (Å²) in [5.41, 5.74) is 1.88. The van der Waals surface area contributed by atoms with E-state index in [1.807, 2.05) is 5.43 Å². The predicted molar refractivity (Wildman–Crippen MR) is 71.5 cm³/mol. The molecule has 1 rings (SSSR count). The first-order valence-electron chi connectivity index (χ1n) is 5.92. The van der Waals surface area contributed by atoms with Gasteiger partial charge in [-0.25, -0.2) is 5.84 Å². The highest BCUT2D eigenvalue weighted by molar-refractivity contribution is 5.98. The van der Waals surface area contributed by atoms with Gasteiger partial charge in [0.2, 0.25) is 0 Å². The summed E-state index contributed by atoms with van der Waals surface area (Å²) in [4.78, 5) is 33.6. The number of benzene rings is 1. The zero-order valence-corrected chi connectivity index (χ0v) is 11.1. The highest BCUT2D eigenvalue weighted by atomic mass is 16.6. The molecule has 20 heavy (non-hydrogen) atoms. The summed E-state index contributed by atoms with van der Waals surface area (Å²) in [7, 11) is 0. The molecule has 1 atom stereocenters. The molecule has 0 fully saturated rings. The number of nitro benzene ring substituents is 1. The fourth-order valence-electron chi connectivity index (χ4n) is 1.61. The Balaban J connectivity index is 2.92. The van der Waals surface area contributed by atoms with E-state index in [4.69, 9.17) is 5.84 Å². The first-order chi connectivity index (χ1) is 9.36. The molecule has 0 aliphatic carbocycles. The van der Waals surface area contributed by atoms with E-state index >= 15 is 0 Å². The normalized spacial score (nSPS) is 11.8. The molecule has 8 heteroatoms. The Bertz CT molecular complexity index is 530. The molecule has 1 aromatic rings. The number of amides is 2. The second-order valence-electron chi connectivity index (χ2n) is 4.51. The van der Waals surface area contributed by atoms with E-state index in [0.717, 1.165) is 6.07 Å². The van der Waals surface area contributed by atoms with E-state index < -0.39 is 22.8 Å². The fraction of sp³-hybridized carbons (Fsp3) is 0.333. The molecule has 0 spiro atoms. The molecular weight excluding hydrogens is 264 g/mol. The lowest BCUT2D eigenvalue weighted by molar-refractivity contribution is -0.384. The quantitative estimate of drug-likeness (QED) is 0.310. The lowest BCUT2D eigenvalue weighted by atomic mass is 10.0. The first kappa shape index (κ1) is 15.6. The summed E-state index contributed by atoms with van der Waals surface area (Å²) in [6.45, 7) is 3.49. The molecular formula is C12H16N4O4. The van der Waals surface area contributed by atoms with Crippen LogP contribution in [0.3, 0.4) is 0 Å². The lowest BCUT2D eigenvalue weighted by Gasteiger charge is -2.20. The third-order valence-corrected chi connectivity index (χ3v) is 2.70. The van der Waals surface area contributed by atoms with Crippen LogP contribution in [0.1, 0.15) is 24.2 Å². The molecule has 8 nitrogen and oxygen atoms in total. The molecule has 0 aliphatic rings. The summed E-state index contributed by atoms with van der Waals surface area (Å²) >= 11 is 0. The maximum atomic E-state index is 12.0. The Morgan fingerprint density at radius 1 is 1.35 bits per heavy atom. The van der Waals surface area contributed by atoms with Crippen LogP contribution in [0, 0.1) is 16.0 Å². The summed E-state index contributed by atoms with van der Waals surface area (Å²) in [6, 6.07) is 4.45. The van der Waals surface area contributed by atoms with Gasteiger partial charge in [-0.05, 0) is 12.0 Å². The Morgan fingerprint density at radius 3 is 2.50 bits per heavy atom. The topological polar surface area (TPSA) is 127 Å². The van der Waals surface area contributed by atoms with Crippen LogP contribution in [0.4, 0.5) is 5.69 Å². The van der Waals surface area contributed by atoms with E-state index in [2.05, 4.69) is 5.32 Å². The molecule has 0 saturated carbocycles. The minimum atomic E-state index is -0.813. The van der Waals surface area contributed by atoms with Crippen molar-refractivity contribution in [2.75, 3.05) is 0 Å². The number of carbonyl (C=O) groups excluding carboxylic acids is 2. The highest BCUT2D eigenvalue weighted by Crippen LogP contribution is 2.13. The van der Waals surface area contributed by atoms with Crippen LogP contribution in [0.15, 0.2) is 24.3 Å². The van der Waals surface area contributed by atoms with Gasteiger partial charge >= 0.3 is 0 Å². The van der Waals surface area contributed by atoms with Gasteiger partial charge in [-0.1, -0.05) is 19.9 Å². The molecule has 4 N–H and O–H groups in total. The van der Waals surface area contributed by atoms with Gasteiger partial charge in [0.05, 0.1) is 4.92 Å². The standard InChI is InChI=1S/C12H16N4O4/c1-7(2)10(12(18)15-13)14-11(17)8-4-3-5-9(6-8)16(19)20/h3-7,10H,13H2,1-2H3,(H,14,17)(H,15,18). The van der Waals surface area contributed by atoms with E-state index in [1.54, 1.807) is 13.8 Å². The van der Waals surface area contributed by atoms with Crippen LogP contribution in [0.2, 0.25) is 0 Å². The maximum Gasteiger partial charge on any atom is 0.270 e. The van der Waals surface area contributed by atoms with Crippen molar-refractivity contribution in [2.45, 2.75) is 19.9 Å². The largest absolute Gasteiger partial charge is 0.340 e. The predicted octanol–water partition coefficient (Wildman–Crippen LogP) is 0.339. The zero-order chi connectivity index (χ0) is 15.3. The van der Waals surface area contributed by atoms with Gasteiger partial charge in [-0.15, -0.1) is 0 Å². The van der Waals surface area contributed by atoms with Crippen LogP contribution in [-0.4, -0.2) is 22.8 Å². The van der Waals surface area contributed by atoms with Crippen molar-refractivity contribution in [2.24, 2.45) is 11.8 Å². The summed E-state index contributed by atoms with van der Waals surface area (Å²) in [6.07, 6.45) is 0. The molecule has 108 valence electrons. The fourth-order valence-corrected chi connectivity index (χ4v) is 1.61. The van der Waals surface area contributed by atoms with E-state index in [-0.39, 0.29) is 17.2 Å². The monoisotopic (exact) mass is 280 g/mol. The van der Waals surface area contributed by atoms with Crippen molar-refractivity contribution in [1.29, 1.82) is 0 Å². The number of nitro groups is 1. The lowest BCUT2D eigenvalue weighted by Crippen LogP contribution is -2.51. The van der Waals surface area contributed by atoms with Gasteiger partial charge in [-0.3, -0.25) is 25.1 Å². The Labute approximate surface area is 115 Å². The molecule has 0 saturated heterocycles. The van der Waals surface area contributed by atoms with Gasteiger partial charge < -0.3 is 5.32 Å². The highest BCUT2D eigenvalue weighted by Gasteiger charge is 2.24. The van der Waals surface area contributed by atoms with Crippen molar-refractivity contribution < 1.29 is 14.5 Å². The smallest absolute Gasteiger partial charge is 0.270 e. The second-order valence-corrected chi connectivity index (χ2v) is 4.51. The maximum absolute atomic E-state index is 12.0. The molecule has 0 bridgehead atoms. The van der Waals surface area contributed by atoms with Crippen molar-refractivity contribution in [1.82, 2.24) is 10.7 Å². The number of non-ortho nitro benzene ring substituents is 1. The third kappa shape index (κ3) is 3.75. The number of nitrogens with two attached hydrogens (primary N) is 1. The number of nitrogens with zero attached hydrogens (tertiary/aromatic N) is 1. The van der Waals surface area contributed by atoms with Crippen LogP contribution in [0.5, 0.6) is 0 Å². The van der Waals surface area contributed by atoms with Crippen molar-refractivity contribution in [3.8, 4) is 0 Å². The molecule has 2 amide bonds. The van der Waals surface area contributed by atoms with E-state index in [9.17, 15) is 19.7 Å². The van der Waals surface area contributed by atoms with E-state index in [0.29, 0.717) is 0 Å². The van der Waals surface area contributed by atoms with E-state index in [1.165, 1.54) is 18.2 Å². The van der Waals surface area contributed by atoms with Gasteiger partial charge in [0.15, 0.2) is 0 Å². The Kier molecular flexibility index (Phi) is 5.15. The van der Waals surface area contributed by atoms with Crippen molar-refractivity contribution >= 4 is 17.5 Å². The second kappa shape index (κ2) is 6.62. The number of rotatable bonds is 5. The molecule has 0 heterocycles. The number of carbonyl (C=O) groups is 2. The van der Waals surface area contributed by atoms with Gasteiger partial charge in [0, 0.05) is 17.7 Å². The summed E-state index contributed by atoms with van der Waals surface area (Å²) in [5, 5.41) is 13.1. The van der Waals surface area contributed by atoms with Gasteiger partial charge in [-0.2, -0.15) is 0 Å². The summed E-state index contributed by atoms with van der Waals surface area (Å²) in [5.74, 6) is 3.77. The van der Waals surface area contributed by atoms with Crippen LogP contribution >= 0.6 is 0 Å². The average Bonchev–Trinajstić information content (AvgIpc) is 2.43.